The summed E-state index contributed by atoms with van der Waals surface area (Å²) in [6.45, 7) is 6.48. The van der Waals surface area contributed by atoms with Gasteiger partial charge in [-0.1, -0.05) is 70.6 Å². The number of halogens is 3. The average molecular weight is 444 g/mol. The zero-order chi connectivity index (χ0) is 22.1. The van der Waals surface area contributed by atoms with Gasteiger partial charge >= 0.3 is 6.18 Å². The van der Waals surface area contributed by atoms with Crippen LogP contribution in [0.15, 0.2) is 18.2 Å². The molecule has 2 rings (SSSR count). The number of unbranched alkanes of at least 4 members (excludes halogenated alkanes) is 5. The zero-order valence-electron chi connectivity index (χ0n) is 18.0. The Labute approximate surface area is 181 Å². The molecule has 0 bridgehead atoms. The van der Waals surface area contributed by atoms with Gasteiger partial charge in [0.05, 0.1) is 18.2 Å². The first-order valence-electron chi connectivity index (χ1n) is 10.7. The van der Waals surface area contributed by atoms with Gasteiger partial charge in [-0.05, 0) is 30.5 Å². The van der Waals surface area contributed by atoms with Crippen LogP contribution in [0.1, 0.15) is 82.3 Å². The van der Waals surface area contributed by atoms with Gasteiger partial charge in [-0.3, -0.25) is 0 Å². The molecule has 2 N–H and O–H groups in total. The Morgan fingerprint density at radius 3 is 2.43 bits per heavy atom. The summed E-state index contributed by atoms with van der Waals surface area (Å²) in [7, 11) is 0. The third-order valence-electron chi connectivity index (χ3n) is 5.27. The molecule has 1 heterocycles. The lowest BCUT2D eigenvalue weighted by atomic mass is 10.0. The van der Waals surface area contributed by atoms with Crippen molar-refractivity contribution in [3.8, 4) is 16.3 Å². The van der Waals surface area contributed by atoms with E-state index in [1.54, 1.807) is 6.07 Å². The molecule has 0 aliphatic heterocycles. The lowest BCUT2D eigenvalue weighted by Gasteiger charge is -2.15. The highest BCUT2D eigenvalue weighted by molar-refractivity contribution is 7.14. The van der Waals surface area contributed by atoms with Gasteiger partial charge in [-0.25, -0.2) is 0 Å². The molecule has 0 radical (unpaired) electrons. The van der Waals surface area contributed by atoms with Gasteiger partial charge in [0.15, 0.2) is 0 Å². The molecule has 8 heteroatoms. The van der Waals surface area contributed by atoms with Gasteiger partial charge < -0.3 is 10.5 Å². The summed E-state index contributed by atoms with van der Waals surface area (Å²) in [4.78, 5) is 0. The molecule has 30 heavy (non-hydrogen) atoms. The second kappa shape index (κ2) is 11.6. The summed E-state index contributed by atoms with van der Waals surface area (Å²) in [5.74, 6) is 0.0788. The number of nitrogens with zero attached hydrogens (tertiary/aromatic N) is 2. The standard InChI is InChI=1S/C22H32F3N3OS/c1-4-6-7-8-9-10-13-29-18-12-11-16(14-17(18)22(23,24)25)20-27-28-21(30-20)19(26)15(3)5-2/h11-12,14-15,19H,4-10,13,26H2,1-3H3. The Hall–Kier alpha value is -1.67. The Kier molecular flexibility index (Phi) is 9.55. The zero-order valence-corrected chi connectivity index (χ0v) is 18.8. The smallest absolute Gasteiger partial charge is 0.419 e. The maximum absolute atomic E-state index is 13.6. The molecule has 168 valence electrons. The van der Waals surface area contributed by atoms with Gasteiger partial charge in [0.2, 0.25) is 0 Å². The van der Waals surface area contributed by atoms with E-state index in [1.165, 1.54) is 23.8 Å². The van der Waals surface area contributed by atoms with Crippen LogP contribution in [-0.4, -0.2) is 16.8 Å². The first kappa shape index (κ1) is 24.6. The highest BCUT2D eigenvalue weighted by Crippen LogP contribution is 2.40. The maximum Gasteiger partial charge on any atom is 0.419 e. The molecular formula is C22H32F3N3OS. The van der Waals surface area contributed by atoms with Gasteiger partial charge in [0, 0.05) is 5.56 Å². The summed E-state index contributed by atoms with van der Waals surface area (Å²) in [5, 5.41) is 9.23. The summed E-state index contributed by atoms with van der Waals surface area (Å²) >= 11 is 1.24. The normalized spacial score (nSPS) is 14.0. The van der Waals surface area contributed by atoms with Crippen molar-refractivity contribution in [3.05, 3.63) is 28.8 Å². The SMILES string of the molecule is CCCCCCCCOc1ccc(-c2nnc(C(N)C(C)CC)s2)cc1C(F)(F)F. The van der Waals surface area contributed by atoms with E-state index >= 15 is 0 Å². The molecule has 2 aromatic rings. The average Bonchev–Trinajstić information content (AvgIpc) is 3.21. The van der Waals surface area contributed by atoms with Crippen molar-refractivity contribution in [2.75, 3.05) is 6.61 Å². The van der Waals surface area contributed by atoms with Crippen LogP contribution in [0.25, 0.3) is 10.6 Å². The second-order valence-corrected chi connectivity index (χ2v) is 8.69. The van der Waals surface area contributed by atoms with E-state index in [2.05, 4.69) is 17.1 Å². The first-order chi connectivity index (χ1) is 14.3. The van der Waals surface area contributed by atoms with Crippen molar-refractivity contribution in [2.24, 2.45) is 11.7 Å². The Morgan fingerprint density at radius 2 is 1.77 bits per heavy atom. The molecule has 0 amide bonds. The lowest BCUT2D eigenvalue weighted by molar-refractivity contribution is -0.138. The minimum absolute atomic E-state index is 0.138. The number of rotatable bonds is 12. The highest BCUT2D eigenvalue weighted by Gasteiger charge is 2.35. The molecule has 4 nitrogen and oxygen atoms in total. The molecule has 1 aromatic heterocycles. The lowest BCUT2D eigenvalue weighted by Crippen LogP contribution is -2.18. The van der Waals surface area contributed by atoms with Crippen LogP contribution in [0.4, 0.5) is 13.2 Å². The molecule has 0 spiro atoms. The van der Waals surface area contributed by atoms with Crippen LogP contribution in [-0.2, 0) is 6.18 Å². The van der Waals surface area contributed by atoms with Crippen LogP contribution >= 0.6 is 11.3 Å². The minimum Gasteiger partial charge on any atom is -0.493 e. The monoisotopic (exact) mass is 443 g/mol. The maximum atomic E-state index is 13.6. The van der Waals surface area contributed by atoms with E-state index in [4.69, 9.17) is 10.5 Å². The third kappa shape index (κ3) is 6.94. The van der Waals surface area contributed by atoms with E-state index < -0.39 is 11.7 Å². The van der Waals surface area contributed by atoms with E-state index in [9.17, 15) is 13.2 Å². The summed E-state index contributed by atoms with van der Waals surface area (Å²) in [6, 6.07) is 3.80. The van der Waals surface area contributed by atoms with E-state index in [-0.39, 0.29) is 24.3 Å². The van der Waals surface area contributed by atoms with Crippen molar-refractivity contribution < 1.29 is 17.9 Å². The number of aromatic nitrogens is 2. The molecule has 2 unspecified atom stereocenters. The molecule has 0 saturated heterocycles. The molecule has 2 atom stereocenters. The minimum atomic E-state index is -4.51. The Morgan fingerprint density at radius 1 is 1.07 bits per heavy atom. The predicted octanol–water partition coefficient (Wildman–Crippen LogP) is 7.01. The van der Waals surface area contributed by atoms with Crippen LogP contribution < -0.4 is 10.5 Å². The van der Waals surface area contributed by atoms with Gasteiger partial charge in [0.1, 0.15) is 15.8 Å². The topological polar surface area (TPSA) is 61.0 Å². The molecule has 1 aromatic carbocycles. The van der Waals surface area contributed by atoms with Gasteiger partial charge in [-0.2, -0.15) is 13.2 Å². The van der Waals surface area contributed by atoms with Crippen LogP contribution in [0.3, 0.4) is 0 Å². The fourth-order valence-electron chi connectivity index (χ4n) is 3.06. The van der Waals surface area contributed by atoms with Crippen molar-refractivity contribution >= 4 is 11.3 Å². The quantitative estimate of drug-likeness (QED) is 0.358. The number of nitrogens with two attached hydrogens (primary N) is 1. The highest BCUT2D eigenvalue weighted by atomic mass is 32.1. The van der Waals surface area contributed by atoms with Crippen molar-refractivity contribution in [1.29, 1.82) is 0 Å². The molecule has 0 aliphatic carbocycles. The fourth-order valence-corrected chi connectivity index (χ4v) is 4.03. The second-order valence-electron chi connectivity index (χ2n) is 7.68. The van der Waals surface area contributed by atoms with Crippen molar-refractivity contribution in [2.45, 2.75) is 77.9 Å². The van der Waals surface area contributed by atoms with Crippen molar-refractivity contribution in [3.63, 3.8) is 0 Å². The number of hydrogen-bond donors (Lipinski definition) is 1. The molecule has 0 fully saturated rings. The van der Waals surface area contributed by atoms with Gasteiger partial charge in [-0.15, -0.1) is 10.2 Å². The number of ether oxygens (including phenoxy) is 1. The molecule has 0 saturated carbocycles. The van der Waals surface area contributed by atoms with E-state index in [0.29, 0.717) is 15.6 Å². The predicted molar refractivity (Wildman–Crippen MR) is 116 cm³/mol. The Balaban J connectivity index is 2.10. The molecular weight excluding hydrogens is 411 g/mol. The summed E-state index contributed by atoms with van der Waals surface area (Å²) in [6.07, 6.45) is 2.68. The number of benzene rings is 1. The summed E-state index contributed by atoms with van der Waals surface area (Å²) in [5.41, 5.74) is 5.76. The fraction of sp³-hybridized carbons (Fsp3) is 0.636. The van der Waals surface area contributed by atoms with E-state index in [0.717, 1.165) is 44.6 Å². The van der Waals surface area contributed by atoms with Crippen LogP contribution in [0, 0.1) is 5.92 Å². The largest absolute Gasteiger partial charge is 0.493 e. The Bertz CT molecular complexity index is 779. The van der Waals surface area contributed by atoms with E-state index in [1.807, 2.05) is 13.8 Å². The number of alkyl halides is 3. The summed E-state index contributed by atoms with van der Waals surface area (Å²) < 4.78 is 46.3. The van der Waals surface area contributed by atoms with Crippen LogP contribution in [0.5, 0.6) is 5.75 Å². The first-order valence-corrected chi connectivity index (χ1v) is 11.5. The van der Waals surface area contributed by atoms with Crippen molar-refractivity contribution in [1.82, 2.24) is 10.2 Å². The third-order valence-corrected chi connectivity index (χ3v) is 6.34. The number of hydrogen-bond acceptors (Lipinski definition) is 5. The molecule has 0 aliphatic rings. The van der Waals surface area contributed by atoms with Crippen LogP contribution in [0.2, 0.25) is 0 Å². The van der Waals surface area contributed by atoms with Gasteiger partial charge in [0.25, 0.3) is 0 Å².